The van der Waals surface area contributed by atoms with Crippen LogP contribution < -0.4 is 5.73 Å². The van der Waals surface area contributed by atoms with Gasteiger partial charge < -0.3 is 5.73 Å². The van der Waals surface area contributed by atoms with Crippen molar-refractivity contribution in [3.05, 3.63) is 30.1 Å². The molecule has 1 aromatic heterocycles. The van der Waals surface area contributed by atoms with Crippen molar-refractivity contribution in [3.63, 3.8) is 0 Å². The Morgan fingerprint density at radius 2 is 1.83 bits per heavy atom. The predicted molar refractivity (Wildman–Crippen MR) is 78.5 cm³/mol. The summed E-state index contributed by atoms with van der Waals surface area (Å²) in [5.74, 6) is 0. The molecule has 1 heterocycles. The molecule has 0 fully saturated rings. The van der Waals surface area contributed by atoms with Crippen LogP contribution in [0.1, 0.15) is 63.9 Å². The lowest BCUT2D eigenvalue weighted by Gasteiger charge is -2.11. The van der Waals surface area contributed by atoms with Gasteiger partial charge in [-0.3, -0.25) is 4.98 Å². The molecule has 0 amide bonds. The number of pyridine rings is 1. The number of hydrogen-bond acceptors (Lipinski definition) is 2. The van der Waals surface area contributed by atoms with E-state index in [1.54, 1.807) is 0 Å². The van der Waals surface area contributed by atoms with Gasteiger partial charge in [-0.25, -0.2) is 0 Å². The zero-order valence-electron chi connectivity index (χ0n) is 11.8. The molecule has 2 N–H and O–H groups in total. The van der Waals surface area contributed by atoms with Crippen molar-refractivity contribution in [1.82, 2.24) is 4.98 Å². The number of rotatable bonds is 10. The van der Waals surface area contributed by atoms with E-state index in [2.05, 4.69) is 18.0 Å². The maximum Gasteiger partial charge on any atom is 0.0300 e. The van der Waals surface area contributed by atoms with Gasteiger partial charge in [-0.05, 0) is 24.5 Å². The van der Waals surface area contributed by atoms with Crippen molar-refractivity contribution in [2.24, 2.45) is 5.73 Å². The minimum Gasteiger partial charge on any atom is -0.327 e. The van der Waals surface area contributed by atoms with Crippen molar-refractivity contribution in [2.45, 2.75) is 70.8 Å². The molecule has 0 aliphatic rings. The first-order valence-electron chi connectivity index (χ1n) is 7.47. The molecule has 0 aliphatic carbocycles. The van der Waals surface area contributed by atoms with E-state index in [1.165, 1.54) is 50.5 Å². The van der Waals surface area contributed by atoms with Gasteiger partial charge in [0.1, 0.15) is 0 Å². The van der Waals surface area contributed by atoms with Crippen LogP contribution in [0.25, 0.3) is 0 Å². The lowest BCUT2D eigenvalue weighted by atomic mass is 10.0. The average Bonchev–Trinajstić information content (AvgIpc) is 2.39. The summed E-state index contributed by atoms with van der Waals surface area (Å²) in [7, 11) is 0. The van der Waals surface area contributed by atoms with Gasteiger partial charge in [0, 0.05) is 18.4 Å². The Morgan fingerprint density at radius 3 is 2.50 bits per heavy atom. The van der Waals surface area contributed by atoms with Gasteiger partial charge in [0.15, 0.2) is 0 Å². The molecule has 0 bridgehead atoms. The van der Waals surface area contributed by atoms with Gasteiger partial charge in [-0.1, -0.05) is 57.9 Å². The quantitative estimate of drug-likeness (QED) is 0.633. The van der Waals surface area contributed by atoms with E-state index in [-0.39, 0.29) is 0 Å². The fourth-order valence-electron chi connectivity index (χ4n) is 2.29. The molecule has 0 saturated heterocycles. The Morgan fingerprint density at radius 1 is 1.11 bits per heavy atom. The fourth-order valence-corrected chi connectivity index (χ4v) is 2.29. The minimum absolute atomic E-state index is 0.296. The second-order valence-corrected chi connectivity index (χ2v) is 5.24. The molecule has 0 spiro atoms. The normalized spacial score (nSPS) is 12.6. The van der Waals surface area contributed by atoms with Crippen LogP contribution in [0, 0.1) is 0 Å². The molecule has 102 valence electrons. The third-order valence-corrected chi connectivity index (χ3v) is 3.40. The zero-order valence-corrected chi connectivity index (χ0v) is 11.8. The molecule has 1 rings (SSSR count). The topological polar surface area (TPSA) is 38.9 Å². The molecule has 2 nitrogen and oxygen atoms in total. The highest BCUT2D eigenvalue weighted by Gasteiger charge is 2.03. The summed E-state index contributed by atoms with van der Waals surface area (Å²) in [5, 5.41) is 0. The van der Waals surface area contributed by atoms with E-state index in [1.807, 2.05) is 18.5 Å². The van der Waals surface area contributed by atoms with Crippen molar-refractivity contribution in [3.8, 4) is 0 Å². The van der Waals surface area contributed by atoms with Crippen molar-refractivity contribution in [2.75, 3.05) is 0 Å². The summed E-state index contributed by atoms with van der Waals surface area (Å²) in [5.41, 5.74) is 7.40. The molecule has 0 saturated carbocycles. The van der Waals surface area contributed by atoms with Crippen LogP contribution in [0.3, 0.4) is 0 Å². The van der Waals surface area contributed by atoms with E-state index in [0.717, 1.165) is 12.8 Å². The Labute approximate surface area is 112 Å². The first-order chi connectivity index (χ1) is 8.83. The summed E-state index contributed by atoms with van der Waals surface area (Å²) in [6.07, 6.45) is 15.3. The van der Waals surface area contributed by atoms with Gasteiger partial charge in [0.25, 0.3) is 0 Å². The van der Waals surface area contributed by atoms with Crippen molar-refractivity contribution < 1.29 is 0 Å². The summed E-state index contributed by atoms with van der Waals surface area (Å²) in [6.45, 7) is 2.26. The Bertz CT molecular complexity index is 284. The molecule has 0 aliphatic heterocycles. The number of nitrogens with zero attached hydrogens (tertiary/aromatic N) is 1. The highest BCUT2D eigenvalue weighted by molar-refractivity contribution is 5.09. The maximum atomic E-state index is 6.14. The molecule has 18 heavy (non-hydrogen) atoms. The number of nitrogens with two attached hydrogens (primary N) is 1. The molecule has 2 heteroatoms. The van der Waals surface area contributed by atoms with Crippen molar-refractivity contribution in [1.29, 1.82) is 0 Å². The highest BCUT2D eigenvalue weighted by Crippen LogP contribution is 2.11. The van der Waals surface area contributed by atoms with Gasteiger partial charge in [0.05, 0.1) is 0 Å². The molecule has 1 aromatic rings. The third kappa shape index (κ3) is 7.44. The second kappa shape index (κ2) is 10.1. The van der Waals surface area contributed by atoms with Crippen LogP contribution in [0.4, 0.5) is 0 Å². The summed E-state index contributed by atoms with van der Waals surface area (Å²) < 4.78 is 0. The van der Waals surface area contributed by atoms with Gasteiger partial charge in [-0.2, -0.15) is 0 Å². The van der Waals surface area contributed by atoms with Crippen LogP contribution in [-0.2, 0) is 6.42 Å². The van der Waals surface area contributed by atoms with Crippen LogP contribution in [0.15, 0.2) is 24.5 Å². The molecular formula is C16H28N2. The van der Waals surface area contributed by atoms with E-state index in [0.29, 0.717) is 6.04 Å². The molecule has 0 aromatic carbocycles. The summed E-state index contributed by atoms with van der Waals surface area (Å²) in [6, 6.07) is 4.39. The largest absolute Gasteiger partial charge is 0.327 e. The lowest BCUT2D eigenvalue weighted by molar-refractivity contribution is 0.528. The molecule has 1 atom stereocenters. The van der Waals surface area contributed by atoms with Crippen LogP contribution >= 0.6 is 0 Å². The summed E-state index contributed by atoms with van der Waals surface area (Å²) >= 11 is 0. The first kappa shape index (κ1) is 15.2. The second-order valence-electron chi connectivity index (χ2n) is 5.24. The highest BCUT2D eigenvalue weighted by atomic mass is 14.6. The standard InChI is InChI=1S/C16H28N2/c1-2-3-4-5-6-7-8-11-16(17)13-15-10-9-12-18-14-15/h9-10,12,14,16H,2-8,11,13,17H2,1H3. The number of hydrogen-bond donors (Lipinski definition) is 1. The Balaban J connectivity index is 1.99. The number of aromatic nitrogens is 1. The summed E-state index contributed by atoms with van der Waals surface area (Å²) in [4.78, 5) is 4.12. The number of unbranched alkanes of at least 4 members (excludes halogenated alkanes) is 6. The zero-order chi connectivity index (χ0) is 13.1. The Kier molecular flexibility index (Phi) is 8.49. The van der Waals surface area contributed by atoms with Gasteiger partial charge in [0.2, 0.25) is 0 Å². The van der Waals surface area contributed by atoms with E-state index >= 15 is 0 Å². The fraction of sp³-hybridized carbons (Fsp3) is 0.688. The van der Waals surface area contributed by atoms with E-state index in [4.69, 9.17) is 5.73 Å². The van der Waals surface area contributed by atoms with Crippen LogP contribution in [-0.4, -0.2) is 11.0 Å². The monoisotopic (exact) mass is 248 g/mol. The first-order valence-corrected chi connectivity index (χ1v) is 7.47. The van der Waals surface area contributed by atoms with Crippen molar-refractivity contribution >= 4 is 0 Å². The smallest absolute Gasteiger partial charge is 0.0300 e. The molecule has 1 unspecified atom stereocenters. The predicted octanol–water partition coefficient (Wildman–Crippen LogP) is 4.09. The van der Waals surface area contributed by atoms with Crippen LogP contribution in [0.5, 0.6) is 0 Å². The maximum absolute atomic E-state index is 6.14. The van der Waals surface area contributed by atoms with E-state index < -0.39 is 0 Å². The van der Waals surface area contributed by atoms with Gasteiger partial charge in [-0.15, -0.1) is 0 Å². The lowest BCUT2D eigenvalue weighted by Crippen LogP contribution is -2.22. The van der Waals surface area contributed by atoms with Crippen LogP contribution in [0.2, 0.25) is 0 Å². The minimum atomic E-state index is 0.296. The molecular weight excluding hydrogens is 220 g/mol. The molecule has 0 radical (unpaired) electrons. The Hall–Kier alpha value is -0.890. The third-order valence-electron chi connectivity index (χ3n) is 3.40. The SMILES string of the molecule is CCCCCCCCCC(N)Cc1cccnc1. The average molecular weight is 248 g/mol. The van der Waals surface area contributed by atoms with Gasteiger partial charge >= 0.3 is 0 Å². The van der Waals surface area contributed by atoms with E-state index in [9.17, 15) is 0 Å².